The molecule has 5 nitrogen and oxygen atoms in total. The van der Waals surface area contributed by atoms with Crippen molar-refractivity contribution in [3.8, 4) is 11.3 Å². The van der Waals surface area contributed by atoms with Gasteiger partial charge >= 0.3 is 0 Å². The van der Waals surface area contributed by atoms with E-state index in [4.69, 9.17) is 5.73 Å². The van der Waals surface area contributed by atoms with Crippen LogP contribution in [0, 0.1) is 0 Å². The molecule has 1 unspecified atom stereocenters. The van der Waals surface area contributed by atoms with Crippen molar-refractivity contribution in [3.05, 3.63) is 36.8 Å². The van der Waals surface area contributed by atoms with Crippen molar-refractivity contribution in [2.75, 3.05) is 5.32 Å². The van der Waals surface area contributed by atoms with Crippen LogP contribution in [0.25, 0.3) is 11.3 Å². The third-order valence-electron chi connectivity index (χ3n) is 3.21. The molecule has 1 atom stereocenters. The normalized spacial score (nSPS) is 13.8. The number of aromatic amines is 1. The minimum atomic E-state index is -0.845. The van der Waals surface area contributed by atoms with Crippen LogP contribution >= 0.6 is 0 Å². The van der Waals surface area contributed by atoms with Crippen molar-refractivity contribution in [3.63, 3.8) is 0 Å². The van der Waals surface area contributed by atoms with Crippen LogP contribution in [-0.4, -0.2) is 21.4 Å². The van der Waals surface area contributed by atoms with E-state index in [1.807, 2.05) is 31.2 Å². The quantitative estimate of drug-likeness (QED) is 0.785. The van der Waals surface area contributed by atoms with E-state index in [9.17, 15) is 4.79 Å². The molecule has 0 fully saturated rings. The summed E-state index contributed by atoms with van der Waals surface area (Å²) < 4.78 is 0. The molecule has 1 heterocycles. The van der Waals surface area contributed by atoms with Gasteiger partial charge in [-0.1, -0.05) is 19.1 Å². The predicted octanol–water partition coefficient (Wildman–Crippen LogP) is 2.14. The highest BCUT2D eigenvalue weighted by Gasteiger charge is 2.25. The Morgan fingerprint density at radius 2 is 2.11 bits per heavy atom. The summed E-state index contributed by atoms with van der Waals surface area (Å²) in [5, 5.41) is 2.82. The van der Waals surface area contributed by atoms with E-state index in [1.54, 1.807) is 19.4 Å². The molecule has 0 aliphatic heterocycles. The third-order valence-corrected chi connectivity index (χ3v) is 3.21. The highest BCUT2D eigenvalue weighted by Crippen LogP contribution is 2.19. The summed E-state index contributed by atoms with van der Waals surface area (Å²) in [5.41, 5.74) is 7.73. The maximum absolute atomic E-state index is 11.9. The number of hydrogen-bond donors (Lipinski definition) is 3. The van der Waals surface area contributed by atoms with Gasteiger partial charge in [-0.05, 0) is 31.0 Å². The average molecular weight is 258 g/mol. The lowest BCUT2D eigenvalue weighted by molar-refractivity contribution is -0.120. The molecule has 1 aromatic heterocycles. The fourth-order valence-corrected chi connectivity index (χ4v) is 1.58. The lowest BCUT2D eigenvalue weighted by atomic mass is 9.99. The second kappa shape index (κ2) is 5.24. The van der Waals surface area contributed by atoms with Gasteiger partial charge in [-0.3, -0.25) is 4.79 Å². The lowest BCUT2D eigenvalue weighted by Gasteiger charge is -2.21. The first-order valence-corrected chi connectivity index (χ1v) is 6.22. The average Bonchev–Trinajstić information content (AvgIpc) is 2.93. The Kier molecular flexibility index (Phi) is 3.66. The van der Waals surface area contributed by atoms with Gasteiger partial charge in [0, 0.05) is 5.69 Å². The number of aromatic nitrogens is 2. The summed E-state index contributed by atoms with van der Waals surface area (Å²) in [6.07, 6.45) is 3.97. The van der Waals surface area contributed by atoms with Gasteiger partial charge in [0.25, 0.3) is 0 Å². The Morgan fingerprint density at radius 1 is 1.42 bits per heavy atom. The van der Waals surface area contributed by atoms with Crippen LogP contribution in [0.2, 0.25) is 0 Å². The molecule has 2 aromatic rings. The number of anilines is 1. The summed E-state index contributed by atoms with van der Waals surface area (Å²) >= 11 is 0. The number of hydrogen-bond acceptors (Lipinski definition) is 3. The van der Waals surface area contributed by atoms with E-state index in [1.165, 1.54) is 0 Å². The maximum atomic E-state index is 11.9. The molecule has 4 N–H and O–H groups in total. The maximum Gasteiger partial charge on any atom is 0.244 e. The van der Waals surface area contributed by atoms with E-state index >= 15 is 0 Å². The van der Waals surface area contributed by atoms with Crippen molar-refractivity contribution in [2.24, 2.45) is 5.73 Å². The van der Waals surface area contributed by atoms with Gasteiger partial charge in [-0.15, -0.1) is 0 Å². The van der Waals surface area contributed by atoms with Gasteiger partial charge in [0.2, 0.25) is 5.91 Å². The van der Waals surface area contributed by atoms with Crippen molar-refractivity contribution in [2.45, 2.75) is 25.8 Å². The van der Waals surface area contributed by atoms with E-state index in [0.717, 1.165) is 16.9 Å². The summed E-state index contributed by atoms with van der Waals surface area (Å²) in [6, 6.07) is 7.53. The molecule has 100 valence electrons. The minimum Gasteiger partial charge on any atom is -0.345 e. The molecule has 0 saturated heterocycles. The molecule has 0 bridgehead atoms. The Hall–Kier alpha value is -2.14. The monoisotopic (exact) mass is 258 g/mol. The van der Waals surface area contributed by atoms with Crippen molar-refractivity contribution in [1.82, 2.24) is 9.97 Å². The molecule has 1 amide bonds. The molecule has 0 aliphatic rings. The molecule has 0 radical (unpaired) electrons. The van der Waals surface area contributed by atoms with Crippen LogP contribution in [0.5, 0.6) is 0 Å². The molecule has 1 aromatic carbocycles. The number of carbonyl (C=O) groups is 1. The van der Waals surface area contributed by atoms with Gasteiger partial charge in [0.1, 0.15) is 0 Å². The van der Waals surface area contributed by atoms with E-state index in [-0.39, 0.29) is 5.91 Å². The van der Waals surface area contributed by atoms with Gasteiger partial charge < -0.3 is 16.0 Å². The van der Waals surface area contributed by atoms with Gasteiger partial charge in [-0.2, -0.15) is 0 Å². The van der Waals surface area contributed by atoms with Crippen molar-refractivity contribution < 1.29 is 4.79 Å². The molecule has 2 rings (SSSR count). The number of amides is 1. The van der Waals surface area contributed by atoms with E-state index < -0.39 is 5.54 Å². The van der Waals surface area contributed by atoms with Crippen LogP contribution in [0.4, 0.5) is 5.69 Å². The largest absolute Gasteiger partial charge is 0.345 e. The fourth-order valence-electron chi connectivity index (χ4n) is 1.58. The van der Waals surface area contributed by atoms with Crippen LogP contribution < -0.4 is 11.1 Å². The molecule has 0 aliphatic carbocycles. The topological polar surface area (TPSA) is 83.8 Å². The summed E-state index contributed by atoms with van der Waals surface area (Å²) in [7, 11) is 0. The zero-order valence-corrected chi connectivity index (χ0v) is 11.1. The highest BCUT2D eigenvalue weighted by atomic mass is 16.2. The molecule has 19 heavy (non-hydrogen) atoms. The number of H-pyrrole nitrogens is 1. The number of imidazole rings is 1. The van der Waals surface area contributed by atoms with Crippen LogP contribution in [-0.2, 0) is 4.79 Å². The number of nitrogens with two attached hydrogens (primary N) is 1. The van der Waals surface area contributed by atoms with E-state index in [2.05, 4.69) is 15.3 Å². The number of nitrogens with one attached hydrogen (secondary N) is 2. The Labute approximate surface area is 112 Å². The van der Waals surface area contributed by atoms with Gasteiger partial charge in [0.15, 0.2) is 0 Å². The smallest absolute Gasteiger partial charge is 0.244 e. The summed E-state index contributed by atoms with van der Waals surface area (Å²) in [6.45, 7) is 3.61. The number of benzene rings is 1. The Morgan fingerprint density at radius 3 is 2.63 bits per heavy atom. The predicted molar refractivity (Wildman–Crippen MR) is 75.5 cm³/mol. The molecular formula is C14H18N4O. The molecule has 5 heteroatoms. The first-order valence-electron chi connectivity index (χ1n) is 6.22. The second-order valence-corrected chi connectivity index (χ2v) is 4.77. The number of nitrogens with zero attached hydrogens (tertiary/aromatic N) is 1. The van der Waals surface area contributed by atoms with Crippen LogP contribution in [0.15, 0.2) is 36.8 Å². The standard InChI is InChI=1S/C14H18N4O/c1-3-14(2,15)13(19)18-11-6-4-10(5-7-11)12-8-16-9-17-12/h4-9H,3,15H2,1-2H3,(H,16,17)(H,18,19). The highest BCUT2D eigenvalue weighted by molar-refractivity contribution is 5.97. The first-order chi connectivity index (χ1) is 9.03. The van der Waals surface area contributed by atoms with E-state index in [0.29, 0.717) is 6.42 Å². The lowest BCUT2D eigenvalue weighted by Crippen LogP contribution is -2.47. The van der Waals surface area contributed by atoms with Crippen molar-refractivity contribution in [1.29, 1.82) is 0 Å². The third kappa shape index (κ3) is 3.00. The Bertz CT molecular complexity index is 543. The molecule has 0 saturated carbocycles. The molecular weight excluding hydrogens is 240 g/mol. The first kappa shape index (κ1) is 13.3. The number of rotatable bonds is 4. The zero-order valence-electron chi connectivity index (χ0n) is 11.1. The van der Waals surface area contributed by atoms with Crippen LogP contribution in [0.1, 0.15) is 20.3 Å². The van der Waals surface area contributed by atoms with Crippen LogP contribution in [0.3, 0.4) is 0 Å². The number of carbonyl (C=O) groups excluding carboxylic acids is 1. The SMILES string of the molecule is CCC(C)(N)C(=O)Nc1ccc(-c2cnc[nH]2)cc1. The van der Waals surface area contributed by atoms with Gasteiger partial charge in [0.05, 0.1) is 23.8 Å². The fraction of sp³-hybridized carbons (Fsp3) is 0.286. The molecule has 0 spiro atoms. The van der Waals surface area contributed by atoms with Crippen molar-refractivity contribution >= 4 is 11.6 Å². The summed E-state index contributed by atoms with van der Waals surface area (Å²) in [4.78, 5) is 18.9. The Balaban J connectivity index is 2.10. The zero-order chi connectivity index (χ0) is 13.9. The second-order valence-electron chi connectivity index (χ2n) is 4.77. The minimum absolute atomic E-state index is 0.177. The van der Waals surface area contributed by atoms with Gasteiger partial charge in [-0.25, -0.2) is 4.98 Å². The summed E-state index contributed by atoms with van der Waals surface area (Å²) in [5.74, 6) is -0.177.